The fourth-order valence-corrected chi connectivity index (χ4v) is 14.4. The maximum atomic E-state index is 2.75. The van der Waals surface area contributed by atoms with Crippen LogP contribution in [0, 0.1) is 6.92 Å². The molecule has 6 aromatic carbocycles. The van der Waals surface area contributed by atoms with E-state index in [-0.39, 0.29) is 44.6 Å². The van der Waals surface area contributed by atoms with Crippen LogP contribution in [0.1, 0.15) is 223 Å². The number of hydrogen-bond acceptors (Lipinski definition) is 2. The molecule has 3 aliphatic carbocycles. The number of benzene rings is 6. The molecular weight excluding hydrogens is 856 g/mol. The van der Waals surface area contributed by atoms with Crippen LogP contribution in [0.2, 0.25) is 0 Å². The van der Waals surface area contributed by atoms with Crippen LogP contribution in [0.3, 0.4) is 0 Å². The van der Waals surface area contributed by atoms with E-state index in [9.17, 15) is 0 Å². The van der Waals surface area contributed by atoms with Gasteiger partial charge < -0.3 is 9.80 Å². The van der Waals surface area contributed by atoms with Gasteiger partial charge in [-0.1, -0.05) is 178 Å². The van der Waals surface area contributed by atoms with Crippen molar-refractivity contribution >= 4 is 57.2 Å². The van der Waals surface area contributed by atoms with E-state index in [4.69, 9.17) is 0 Å². The van der Waals surface area contributed by atoms with Gasteiger partial charge in [0.05, 0.1) is 0 Å². The Labute approximate surface area is 430 Å². The average molecular weight is 939 g/mol. The summed E-state index contributed by atoms with van der Waals surface area (Å²) in [7, 11) is 0. The Hall–Kier alpha value is -5.02. The van der Waals surface area contributed by atoms with Gasteiger partial charge in [-0.2, -0.15) is 0 Å². The van der Waals surface area contributed by atoms with E-state index < -0.39 is 0 Å². The molecule has 0 amide bonds. The van der Waals surface area contributed by atoms with E-state index in [1.807, 2.05) is 0 Å². The zero-order chi connectivity index (χ0) is 50.9. The van der Waals surface area contributed by atoms with Crippen LogP contribution >= 0.6 is 0 Å². The molecule has 0 saturated carbocycles. The Bertz CT molecular complexity index is 3180. The van der Waals surface area contributed by atoms with Crippen molar-refractivity contribution in [2.45, 2.75) is 207 Å². The summed E-state index contributed by atoms with van der Waals surface area (Å²) in [6, 6.07) is 40.6. The number of hydrogen-bond donors (Lipinski definition) is 0. The molecule has 71 heavy (non-hydrogen) atoms. The molecule has 0 aromatic heterocycles. The van der Waals surface area contributed by atoms with E-state index in [2.05, 4.69) is 231 Å². The minimum atomic E-state index is -0.197. The third-order valence-electron chi connectivity index (χ3n) is 19.4. The molecule has 6 aromatic rings. The maximum absolute atomic E-state index is 2.75. The van der Waals surface area contributed by atoms with Crippen molar-refractivity contribution in [2.75, 3.05) is 9.80 Å². The van der Waals surface area contributed by atoms with Gasteiger partial charge in [0.2, 0.25) is 0 Å². The van der Waals surface area contributed by atoms with Gasteiger partial charge in [0.25, 0.3) is 6.71 Å². The molecule has 2 aliphatic heterocycles. The number of rotatable bonds is 5. The molecule has 0 radical (unpaired) electrons. The molecular formula is C68H83BN2. The van der Waals surface area contributed by atoms with Crippen LogP contribution in [0.15, 0.2) is 97.1 Å². The van der Waals surface area contributed by atoms with Crippen molar-refractivity contribution in [3.63, 3.8) is 0 Å². The molecule has 368 valence electrons. The summed E-state index contributed by atoms with van der Waals surface area (Å²) in [5, 5.41) is 0. The normalized spacial score (nSPS) is 20.4. The summed E-state index contributed by atoms with van der Waals surface area (Å²) < 4.78 is 0. The van der Waals surface area contributed by atoms with Crippen LogP contribution in [-0.2, 0) is 37.9 Å². The Balaban J connectivity index is 1.29. The minimum absolute atomic E-state index is 0.0256. The first-order valence-corrected chi connectivity index (χ1v) is 27.6. The fourth-order valence-electron chi connectivity index (χ4n) is 14.4. The largest absolute Gasteiger partial charge is 0.311 e. The van der Waals surface area contributed by atoms with Crippen molar-refractivity contribution in [1.82, 2.24) is 0 Å². The molecule has 0 saturated heterocycles. The fraction of sp³-hybridized carbons (Fsp3) is 0.471. The Morgan fingerprint density at radius 1 is 0.479 bits per heavy atom. The number of anilines is 6. The van der Waals surface area contributed by atoms with E-state index in [0.717, 1.165) is 0 Å². The minimum Gasteiger partial charge on any atom is -0.311 e. The highest BCUT2D eigenvalue weighted by atomic mass is 15.2. The van der Waals surface area contributed by atoms with Crippen LogP contribution in [0.25, 0.3) is 0 Å². The van der Waals surface area contributed by atoms with E-state index in [0.29, 0.717) is 5.92 Å². The van der Waals surface area contributed by atoms with Gasteiger partial charge in [-0.25, -0.2) is 0 Å². The van der Waals surface area contributed by atoms with Crippen LogP contribution in [-0.4, -0.2) is 6.71 Å². The topological polar surface area (TPSA) is 6.48 Å². The smallest absolute Gasteiger partial charge is 0.252 e. The van der Waals surface area contributed by atoms with Gasteiger partial charge in [0.1, 0.15) is 0 Å². The molecule has 0 N–H and O–H groups in total. The first kappa shape index (κ1) is 48.3. The summed E-state index contributed by atoms with van der Waals surface area (Å²) in [4.78, 5) is 5.45. The van der Waals surface area contributed by atoms with Gasteiger partial charge in [-0.15, -0.1) is 0 Å². The maximum Gasteiger partial charge on any atom is 0.252 e. The van der Waals surface area contributed by atoms with E-state index in [1.54, 1.807) is 0 Å². The van der Waals surface area contributed by atoms with Crippen LogP contribution in [0.5, 0.6) is 0 Å². The van der Waals surface area contributed by atoms with E-state index in [1.165, 1.54) is 150 Å². The van der Waals surface area contributed by atoms with Gasteiger partial charge in [0.15, 0.2) is 0 Å². The molecule has 11 rings (SSSR count). The highest BCUT2D eigenvalue weighted by molar-refractivity contribution is 7.00. The van der Waals surface area contributed by atoms with Crippen molar-refractivity contribution in [3.8, 4) is 0 Å². The van der Waals surface area contributed by atoms with Gasteiger partial charge in [-0.05, 0) is 193 Å². The molecule has 2 heterocycles. The van der Waals surface area contributed by atoms with Crippen molar-refractivity contribution in [1.29, 1.82) is 0 Å². The second-order valence-electron chi connectivity index (χ2n) is 28.0. The lowest BCUT2D eigenvalue weighted by Gasteiger charge is -2.50. The molecule has 0 fully saturated rings. The van der Waals surface area contributed by atoms with Gasteiger partial charge in [0, 0.05) is 45.0 Å². The van der Waals surface area contributed by atoms with Crippen LogP contribution < -0.4 is 26.2 Å². The van der Waals surface area contributed by atoms with Crippen molar-refractivity contribution in [2.24, 2.45) is 0 Å². The lowest BCUT2D eigenvalue weighted by molar-refractivity contribution is 0.332. The van der Waals surface area contributed by atoms with Crippen molar-refractivity contribution < 1.29 is 0 Å². The third kappa shape index (κ3) is 7.14. The standard InChI is InChI=1S/C68H83BN2/c1-19-20-42(3)43-22-24-45(25-23-43)70-58-40-54-53(68(17,18)52-33-41(2)21-27-48(52)67(54,15)16)38-56(58)69-55-37-50-51(66(13,14)32-31-65(50,11)12)39-57(55)71(60-35-44(62(4,5)6)34-59(70)61(60)69)46-26-28-47-49(36-46)64(9,10)30-29-63(47,7)8/h21-28,33-40,42H,19-20,29-32H2,1-18H3. The summed E-state index contributed by atoms with van der Waals surface area (Å²) in [6.07, 6.45) is 7.12. The van der Waals surface area contributed by atoms with Gasteiger partial charge in [-0.3, -0.25) is 0 Å². The van der Waals surface area contributed by atoms with Gasteiger partial charge >= 0.3 is 0 Å². The Morgan fingerprint density at radius 2 is 0.915 bits per heavy atom. The monoisotopic (exact) mass is 939 g/mol. The molecule has 0 spiro atoms. The summed E-state index contributed by atoms with van der Waals surface area (Å²) in [5.74, 6) is 0.514. The average Bonchev–Trinajstić information content (AvgIpc) is 3.30. The highest BCUT2D eigenvalue weighted by Gasteiger charge is 2.50. The molecule has 2 nitrogen and oxygen atoms in total. The number of aryl methyl sites for hydroxylation is 1. The van der Waals surface area contributed by atoms with Crippen LogP contribution in [0.4, 0.5) is 34.1 Å². The Morgan fingerprint density at radius 3 is 1.48 bits per heavy atom. The second-order valence-corrected chi connectivity index (χ2v) is 28.0. The summed E-state index contributed by atoms with van der Waals surface area (Å²) >= 11 is 0. The first-order chi connectivity index (χ1) is 33.1. The second kappa shape index (κ2) is 15.5. The summed E-state index contributed by atoms with van der Waals surface area (Å²) in [5.41, 5.74) is 27.9. The lowest BCUT2D eigenvalue weighted by Crippen LogP contribution is -2.62. The predicted molar refractivity (Wildman–Crippen MR) is 308 cm³/mol. The molecule has 3 heteroatoms. The SMILES string of the molecule is CCCC(C)c1ccc(N2c3cc4c(cc3B3c5cc6c(cc5N(c5ccc7c(c5)C(C)(C)CCC7(C)C)c5cc(C(C)(C)C)cc2c53)C(C)(C)CCC6(C)C)C(C)(C)c2cc(C)ccc2C4(C)C)cc1. The van der Waals surface area contributed by atoms with E-state index >= 15 is 0 Å². The molecule has 1 unspecified atom stereocenters. The molecule has 0 bridgehead atoms. The zero-order valence-electron chi connectivity index (χ0n) is 47.0. The van der Waals surface area contributed by atoms with Crippen molar-refractivity contribution in [3.05, 3.63) is 158 Å². The number of nitrogens with zero attached hydrogens (tertiary/aromatic N) is 2. The quantitative estimate of drug-likeness (QED) is 0.159. The highest BCUT2D eigenvalue weighted by Crippen LogP contribution is 2.56. The predicted octanol–water partition coefficient (Wildman–Crippen LogP) is 16.9. The molecule has 1 atom stereocenters. The summed E-state index contributed by atoms with van der Waals surface area (Å²) in [6.45, 7) is 44.1. The number of fused-ring (bicyclic) bond motifs is 8. The molecule has 5 aliphatic rings. The Kier molecular flexibility index (Phi) is 10.5. The first-order valence-electron chi connectivity index (χ1n) is 27.6. The zero-order valence-corrected chi connectivity index (χ0v) is 47.0. The third-order valence-corrected chi connectivity index (χ3v) is 19.4. The lowest BCUT2D eigenvalue weighted by atomic mass is 9.32.